The van der Waals surface area contributed by atoms with Crippen molar-refractivity contribution in [2.75, 3.05) is 7.11 Å². The van der Waals surface area contributed by atoms with Crippen LogP contribution in [0.15, 0.2) is 59.5 Å². The number of carbonyl (C=O) groups excluding carboxylic acids is 1. The van der Waals surface area contributed by atoms with Gasteiger partial charge in [0.05, 0.1) is 13.7 Å². The monoisotopic (exact) mass is 462 g/mol. The van der Waals surface area contributed by atoms with E-state index in [0.717, 1.165) is 48.1 Å². The quantitative estimate of drug-likeness (QED) is 0.494. The summed E-state index contributed by atoms with van der Waals surface area (Å²) in [5.41, 5.74) is 2.94. The minimum atomic E-state index is -0.342. The fourth-order valence-electron chi connectivity index (χ4n) is 4.66. The molecule has 0 spiro atoms. The van der Waals surface area contributed by atoms with Gasteiger partial charge in [0.2, 0.25) is 0 Å². The molecule has 1 fully saturated rings. The van der Waals surface area contributed by atoms with Crippen molar-refractivity contribution < 1.29 is 13.9 Å². The third-order valence-corrected chi connectivity index (χ3v) is 6.62. The molecule has 1 saturated carbocycles. The third kappa shape index (κ3) is 5.38. The normalized spacial score (nSPS) is 14.4. The lowest BCUT2D eigenvalue weighted by atomic mass is 9.97. The van der Waals surface area contributed by atoms with Crippen molar-refractivity contribution in [3.63, 3.8) is 0 Å². The number of nitrogens with one attached hydrogen (secondary N) is 1. The minimum absolute atomic E-state index is 0.0870. The molecule has 0 aliphatic heterocycles. The molecule has 0 atom stereocenters. The van der Waals surface area contributed by atoms with E-state index in [1.54, 1.807) is 30.0 Å². The molecular formula is C28H31FN2O3. The predicted octanol–water partition coefficient (Wildman–Crippen LogP) is 5.47. The molecule has 1 amide bonds. The van der Waals surface area contributed by atoms with Crippen LogP contribution in [-0.2, 0) is 6.54 Å². The molecule has 6 heteroatoms. The van der Waals surface area contributed by atoms with Crippen molar-refractivity contribution in [1.29, 1.82) is 0 Å². The molecular weight excluding hydrogens is 431 g/mol. The molecule has 0 unspecified atom stereocenters. The van der Waals surface area contributed by atoms with Gasteiger partial charge in [-0.05, 0) is 60.7 Å². The van der Waals surface area contributed by atoms with E-state index in [0.29, 0.717) is 5.56 Å². The summed E-state index contributed by atoms with van der Waals surface area (Å²) in [4.78, 5) is 26.9. The number of rotatable bonds is 6. The first-order valence-electron chi connectivity index (χ1n) is 11.9. The summed E-state index contributed by atoms with van der Waals surface area (Å²) in [6, 6.07) is 13.7. The minimum Gasteiger partial charge on any atom is -0.497 e. The first-order chi connectivity index (χ1) is 16.5. The Morgan fingerprint density at radius 1 is 1.03 bits per heavy atom. The zero-order valence-electron chi connectivity index (χ0n) is 19.8. The summed E-state index contributed by atoms with van der Waals surface area (Å²) in [6.07, 6.45) is 8.20. The summed E-state index contributed by atoms with van der Waals surface area (Å²) in [5.74, 6) is 0.0763. The molecule has 1 aliphatic rings. The second-order valence-corrected chi connectivity index (χ2v) is 8.99. The Hall–Kier alpha value is -3.41. The number of methoxy groups -OCH3 is 1. The Morgan fingerprint density at radius 3 is 2.29 bits per heavy atom. The first kappa shape index (κ1) is 23.7. The number of nitrogens with zero attached hydrogens (tertiary/aromatic N) is 1. The lowest BCUT2D eigenvalue weighted by molar-refractivity contribution is 0.0930. The van der Waals surface area contributed by atoms with Crippen molar-refractivity contribution in [2.45, 2.75) is 58.0 Å². The van der Waals surface area contributed by atoms with E-state index >= 15 is 0 Å². The Bertz CT molecular complexity index is 1190. The molecule has 4 rings (SSSR count). The van der Waals surface area contributed by atoms with Crippen LogP contribution in [0.5, 0.6) is 5.75 Å². The maximum Gasteiger partial charge on any atom is 0.264 e. The van der Waals surface area contributed by atoms with Crippen molar-refractivity contribution in [1.82, 2.24) is 9.88 Å². The number of benzene rings is 2. The fourth-order valence-corrected chi connectivity index (χ4v) is 4.66. The molecule has 1 aromatic heterocycles. The molecule has 34 heavy (non-hydrogen) atoms. The number of ether oxygens (including phenoxy) is 1. The number of pyridine rings is 1. The molecule has 2 aromatic carbocycles. The summed E-state index contributed by atoms with van der Waals surface area (Å²) >= 11 is 0. The summed E-state index contributed by atoms with van der Waals surface area (Å²) < 4.78 is 20.2. The SMILES string of the molecule is COc1ccc(-c2cn(Cc3ccc(F)cc3)c(=O)c(C(=O)NC3CCCCCC3)c2C)cc1. The van der Waals surface area contributed by atoms with E-state index in [9.17, 15) is 14.0 Å². The number of halogens is 1. The number of aromatic nitrogens is 1. The van der Waals surface area contributed by atoms with Gasteiger partial charge in [0.25, 0.3) is 11.5 Å². The Kier molecular flexibility index (Phi) is 7.46. The third-order valence-electron chi connectivity index (χ3n) is 6.62. The second-order valence-electron chi connectivity index (χ2n) is 8.99. The van der Waals surface area contributed by atoms with E-state index < -0.39 is 0 Å². The summed E-state index contributed by atoms with van der Waals surface area (Å²) in [6.45, 7) is 2.07. The number of hydrogen-bond donors (Lipinski definition) is 1. The van der Waals surface area contributed by atoms with Gasteiger partial charge in [-0.2, -0.15) is 0 Å². The summed E-state index contributed by atoms with van der Waals surface area (Å²) in [7, 11) is 1.61. The average molecular weight is 463 g/mol. The van der Waals surface area contributed by atoms with Gasteiger partial charge >= 0.3 is 0 Å². The van der Waals surface area contributed by atoms with Crippen LogP contribution >= 0.6 is 0 Å². The maximum atomic E-state index is 13.5. The molecule has 1 aliphatic carbocycles. The molecule has 178 valence electrons. The average Bonchev–Trinajstić information content (AvgIpc) is 3.11. The van der Waals surface area contributed by atoms with Gasteiger partial charge < -0.3 is 14.6 Å². The van der Waals surface area contributed by atoms with Gasteiger partial charge in [-0.15, -0.1) is 0 Å². The van der Waals surface area contributed by atoms with Crippen LogP contribution in [0.1, 0.15) is 60.0 Å². The van der Waals surface area contributed by atoms with Crippen molar-refractivity contribution in [2.24, 2.45) is 0 Å². The topological polar surface area (TPSA) is 60.3 Å². The van der Waals surface area contributed by atoms with Crippen LogP contribution in [-0.4, -0.2) is 23.6 Å². The molecule has 3 aromatic rings. The molecule has 0 radical (unpaired) electrons. The maximum absolute atomic E-state index is 13.5. The van der Waals surface area contributed by atoms with E-state index in [1.807, 2.05) is 31.2 Å². The Balaban J connectivity index is 1.76. The van der Waals surface area contributed by atoms with Crippen LogP contribution in [0.3, 0.4) is 0 Å². The second kappa shape index (κ2) is 10.7. The van der Waals surface area contributed by atoms with Crippen molar-refractivity contribution in [3.8, 4) is 16.9 Å². The van der Waals surface area contributed by atoms with Crippen LogP contribution in [0.2, 0.25) is 0 Å². The van der Waals surface area contributed by atoms with E-state index in [-0.39, 0.29) is 35.4 Å². The molecule has 5 nitrogen and oxygen atoms in total. The fraction of sp³-hybridized carbons (Fsp3) is 0.357. The van der Waals surface area contributed by atoms with Crippen LogP contribution in [0.4, 0.5) is 4.39 Å². The van der Waals surface area contributed by atoms with Gasteiger partial charge in [-0.25, -0.2) is 4.39 Å². The summed E-state index contributed by atoms with van der Waals surface area (Å²) in [5, 5.41) is 3.13. The molecule has 1 N–H and O–H groups in total. The highest BCUT2D eigenvalue weighted by atomic mass is 19.1. The van der Waals surface area contributed by atoms with Crippen LogP contribution in [0, 0.1) is 12.7 Å². The van der Waals surface area contributed by atoms with Gasteiger partial charge in [-0.1, -0.05) is 49.9 Å². The molecule has 0 bridgehead atoms. The van der Waals surface area contributed by atoms with Gasteiger partial charge in [0, 0.05) is 17.8 Å². The Labute approximate surface area is 199 Å². The number of amides is 1. The van der Waals surface area contributed by atoms with Gasteiger partial charge in [0.15, 0.2) is 0 Å². The van der Waals surface area contributed by atoms with Crippen LogP contribution in [0.25, 0.3) is 11.1 Å². The van der Waals surface area contributed by atoms with Crippen LogP contribution < -0.4 is 15.6 Å². The smallest absolute Gasteiger partial charge is 0.264 e. The van der Waals surface area contributed by atoms with E-state index in [4.69, 9.17) is 4.74 Å². The highest BCUT2D eigenvalue weighted by Crippen LogP contribution is 2.27. The number of carbonyl (C=O) groups is 1. The standard InChI is InChI=1S/C28H31FN2O3/c1-19-25(21-11-15-24(34-2)16-12-21)18-31(17-20-9-13-22(29)14-10-20)28(33)26(19)27(32)30-23-7-5-3-4-6-8-23/h9-16,18,23H,3-8,17H2,1-2H3,(H,30,32). The lowest BCUT2D eigenvalue weighted by Gasteiger charge is -2.19. The first-order valence-corrected chi connectivity index (χ1v) is 11.9. The van der Waals surface area contributed by atoms with Gasteiger partial charge in [-0.3, -0.25) is 9.59 Å². The predicted molar refractivity (Wildman–Crippen MR) is 132 cm³/mol. The van der Waals surface area contributed by atoms with Crippen molar-refractivity contribution in [3.05, 3.63) is 87.6 Å². The molecule has 1 heterocycles. The highest BCUT2D eigenvalue weighted by Gasteiger charge is 2.23. The van der Waals surface area contributed by atoms with E-state index in [2.05, 4.69) is 5.32 Å². The highest BCUT2D eigenvalue weighted by molar-refractivity contribution is 5.97. The molecule has 0 saturated heterocycles. The zero-order chi connectivity index (χ0) is 24.1. The van der Waals surface area contributed by atoms with E-state index in [1.165, 1.54) is 25.0 Å². The van der Waals surface area contributed by atoms with Gasteiger partial charge in [0.1, 0.15) is 17.1 Å². The Morgan fingerprint density at radius 2 is 1.68 bits per heavy atom. The van der Waals surface area contributed by atoms with Crippen molar-refractivity contribution >= 4 is 5.91 Å². The lowest BCUT2D eigenvalue weighted by Crippen LogP contribution is -2.39. The number of hydrogen-bond acceptors (Lipinski definition) is 3. The largest absolute Gasteiger partial charge is 0.497 e. The zero-order valence-corrected chi connectivity index (χ0v) is 19.8.